The summed E-state index contributed by atoms with van der Waals surface area (Å²) >= 11 is 0. The average molecular weight is 241 g/mol. The molecule has 1 aliphatic rings. The number of aromatic amines is 1. The van der Waals surface area contributed by atoms with Gasteiger partial charge in [0.05, 0.1) is 6.04 Å². The number of aromatic nitrogens is 2. The first-order valence-corrected chi connectivity index (χ1v) is 5.54. The molecule has 1 aromatic heterocycles. The molecule has 3 unspecified atom stereocenters. The van der Waals surface area contributed by atoms with Crippen molar-refractivity contribution < 1.29 is 14.4 Å². The predicted octanol–water partition coefficient (Wildman–Crippen LogP) is 0.964. The molecule has 1 aliphatic carbocycles. The highest BCUT2D eigenvalue weighted by Gasteiger charge is 2.47. The van der Waals surface area contributed by atoms with E-state index < -0.39 is 17.9 Å². The number of H-pyrrole nitrogens is 1. The number of amides is 1. The lowest BCUT2D eigenvalue weighted by Crippen LogP contribution is -2.30. The molecule has 1 amide bonds. The van der Waals surface area contributed by atoms with Gasteiger partial charge in [0, 0.05) is 0 Å². The molecule has 3 atom stereocenters. The highest BCUT2D eigenvalue weighted by atomic mass is 16.5. The molecule has 3 N–H and O–H groups in total. The smallest absolute Gasteiger partial charge is 0.438 e. The quantitative estimate of drug-likeness (QED) is 0.727. The van der Waals surface area contributed by atoms with Gasteiger partial charge in [0.15, 0.2) is 5.82 Å². The van der Waals surface area contributed by atoms with Crippen molar-refractivity contribution in [1.29, 1.82) is 0 Å². The monoisotopic (exact) mass is 241 g/mol. The number of nitrogens with zero attached hydrogens (tertiary/aromatic N) is 1. The summed E-state index contributed by atoms with van der Waals surface area (Å²) in [6.45, 7) is 4.18. The van der Waals surface area contributed by atoms with E-state index in [2.05, 4.69) is 33.8 Å². The Balaban J connectivity index is 2.15. The molecule has 1 aromatic rings. The second-order valence-corrected chi connectivity index (χ2v) is 4.71. The zero-order valence-electron chi connectivity index (χ0n) is 9.64. The SMILES string of the molecule is CC(C)C1CC1C(NC(=O)O)c1noc(=O)[nH]1. The largest absolute Gasteiger partial charge is 0.465 e. The standard InChI is InChI=1S/C10H15N3O4/c1-4(2)5-3-6(5)7(11-9(14)15)8-12-10(16)17-13-8/h4-7,11H,3H2,1-2H3,(H,14,15)(H,12,13,16). The Morgan fingerprint density at radius 2 is 2.29 bits per heavy atom. The van der Waals surface area contributed by atoms with E-state index in [4.69, 9.17) is 5.11 Å². The first-order valence-electron chi connectivity index (χ1n) is 5.54. The van der Waals surface area contributed by atoms with E-state index in [0.29, 0.717) is 11.8 Å². The predicted molar refractivity (Wildman–Crippen MR) is 57.5 cm³/mol. The van der Waals surface area contributed by atoms with Gasteiger partial charge in [-0.3, -0.25) is 9.51 Å². The summed E-state index contributed by atoms with van der Waals surface area (Å²) in [7, 11) is 0. The second kappa shape index (κ2) is 4.23. The number of carboxylic acid groups (broad SMARTS) is 1. The van der Waals surface area contributed by atoms with Crippen molar-refractivity contribution >= 4 is 6.09 Å². The summed E-state index contributed by atoms with van der Waals surface area (Å²) in [5.74, 6) is 0.695. The lowest BCUT2D eigenvalue weighted by atomic mass is 10.0. The Labute approximate surface area is 97.2 Å². The van der Waals surface area contributed by atoms with Crippen LogP contribution in [0.15, 0.2) is 9.32 Å². The van der Waals surface area contributed by atoms with Crippen LogP contribution in [0.3, 0.4) is 0 Å². The molecule has 0 saturated heterocycles. The molecule has 7 nitrogen and oxygen atoms in total. The maximum Gasteiger partial charge on any atom is 0.438 e. The van der Waals surface area contributed by atoms with E-state index >= 15 is 0 Å². The molecule has 1 heterocycles. The minimum absolute atomic E-state index is 0.173. The topological polar surface area (TPSA) is 108 Å². The van der Waals surface area contributed by atoms with Gasteiger partial charge in [0.1, 0.15) is 0 Å². The molecule has 0 aliphatic heterocycles. The zero-order valence-corrected chi connectivity index (χ0v) is 9.64. The van der Waals surface area contributed by atoms with Crippen LogP contribution in [0.2, 0.25) is 0 Å². The summed E-state index contributed by atoms with van der Waals surface area (Å²) in [4.78, 5) is 24.0. The average Bonchev–Trinajstić information content (AvgIpc) is 2.91. The fourth-order valence-corrected chi connectivity index (χ4v) is 2.27. The molecule has 0 aromatic carbocycles. The summed E-state index contributed by atoms with van der Waals surface area (Å²) in [5.41, 5.74) is 0. The molecule has 0 radical (unpaired) electrons. The van der Waals surface area contributed by atoms with E-state index in [1.165, 1.54) is 0 Å². The minimum atomic E-state index is -1.13. The van der Waals surface area contributed by atoms with Crippen LogP contribution in [-0.2, 0) is 0 Å². The molecule has 1 saturated carbocycles. The fourth-order valence-electron chi connectivity index (χ4n) is 2.27. The normalized spacial score (nSPS) is 24.6. The van der Waals surface area contributed by atoms with Gasteiger partial charge in [-0.1, -0.05) is 19.0 Å². The lowest BCUT2D eigenvalue weighted by Gasteiger charge is -2.14. The van der Waals surface area contributed by atoms with Gasteiger partial charge in [-0.2, -0.15) is 0 Å². The third-order valence-electron chi connectivity index (χ3n) is 3.21. The minimum Gasteiger partial charge on any atom is -0.465 e. The van der Waals surface area contributed by atoms with Crippen molar-refractivity contribution in [3.05, 3.63) is 16.4 Å². The van der Waals surface area contributed by atoms with Crippen molar-refractivity contribution in [2.75, 3.05) is 0 Å². The van der Waals surface area contributed by atoms with Crippen LogP contribution in [0.25, 0.3) is 0 Å². The number of carbonyl (C=O) groups is 1. The molecule has 0 spiro atoms. The van der Waals surface area contributed by atoms with Crippen molar-refractivity contribution in [3.8, 4) is 0 Å². The second-order valence-electron chi connectivity index (χ2n) is 4.71. The van der Waals surface area contributed by atoms with Gasteiger partial charge >= 0.3 is 11.8 Å². The molecule has 2 rings (SSSR count). The maximum absolute atomic E-state index is 10.9. The van der Waals surface area contributed by atoms with Crippen molar-refractivity contribution in [3.63, 3.8) is 0 Å². The molecular weight excluding hydrogens is 226 g/mol. The van der Waals surface area contributed by atoms with Crippen LogP contribution in [0.5, 0.6) is 0 Å². The van der Waals surface area contributed by atoms with Crippen LogP contribution in [0, 0.1) is 17.8 Å². The van der Waals surface area contributed by atoms with Gasteiger partial charge in [0.2, 0.25) is 0 Å². The highest BCUT2D eigenvalue weighted by molar-refractivity contribution is 5.65. The fraction of sp³-hybridized carbons (Fsp3) is 0.700. The van der Waals surface area contributed by atoms with E-state index in [1.807, 2.05) is 0 Å². The Hall–Kier alpha value is -1.79. The van der Waals surface area contributed by atoms with Crippen LogP contribution in [-0.4, -0.2) is 21.3 Å². The van der Waals surface area contributed by atoms with Crippen molar-refractivity contribution in [2.45, 2.75) is 26.3 Å². The van der Waals surface area contributed by atoms with Gasteiger partial charge in [0.25, 0.3) is 0 Å². The molecule has 1 fully saturated rings. The Bertz CT molecular complexity index is 464. The number of hydrogen-bond acceptors (Lipinski definition) is 4. The van der Waals surface area contributed by atoms with Crippen LogP contribution in [0.4, 0.5) is 4.79 Å². The summed E-state index contributed by atoms with van der Waals surface area (Å²) in [6, 6.07) is -0.494. The van der Waals surface area contributed by atoms with E-state index in [0.717, 1.165) is 6.42 Å². The van der Waals surface area contributed by atoms with Crippen LogP contribution < -0.4 is 11.1 Å². The van der Waals surface area contributed by atoms with Gasteiger partial charge in [-0.25, -0.2) is 9.59 Å². The Morgan fingerprint density at radius 1 is 1.59 bits per heavy atom. The van der Waals surface area contributed by atoms with Crippen molar-refractivity contribution in [1.82, 2.24) is 15.5 Å². The zero-order chi connectivity index (χ0) is 12.6. The third-order valence-corrected chi connectivity index (χ3v) is 3.21. The van der Waals surface area contributed by atoms with Crippen LogP contribution in [0.1, 0.15) is 32.1 Å². The molecule has 0 bridgehead atoms. The highest BCUT2D eigenvalue weighted by Crippen LogP contribution is 2.50. The van der Waals surface area contributed by atoms with E-state index in [1.54, 1.807) is 0 Å². The summed E-state index contributed by atoms with van der Waals surface area (Å²) in [6.07, 6.45) is -0.203. The Kier molecular flexibility index (Phi) is 2.91. The maximum atomic E-state index is 10.9. The van der Waals surface area contributed by atoms with Crippen LogP contribution >= 0.6 is 0 Å². The molecule has 94 valence electrons. The molecular formula is C10H15N3O4. The third kappa shape index (κ3) is 2.48. The van der Waals surface area contributed by atoms with E-state index in [9.17, 15) is 9.59 Å². The van der Waals surface area contributed by atoms with Gasteiger partial charge in [-0.05, 0) is 24.2 Å². The van der Waals surface area contributed by atoms with Crippen molar-refractivity contribution in [2.24, 2.45) is 17.8 Å². The number of nitrogens with one attached hydrogen (secondary N) is 2. The first kappa shape index (κ1) is 11.7. The summed E-state index contributed by atoms with van der Waals surface area (Å²) in [5, 5.41) is 14.7. The first-order chi connectivity index (χ1) is 7.99. The molecule has 17 heavy (non-hydrogen) atoms. The summed E-state index contributed by atoms with van der Waals surface area (Å²) < 4.78 is 4.41. The van der Waals surface area contributed by atoms with E-state index in [-0.39, 0.29) is 11.7 Å². The number of hydrogen-bond donors (Lipinski definition) is 3. The molecule has 7 heteroatoms. The lowest BCUT2D eigenvalue weighted by molar-refractivity contribution is 0.186. The Morgan fingerprint density at radius 3 is 2.71 bits per heavy atom. The van der Waals surface area contributed by atoms with Gasteiger partial charge < -0.3 is 10.4 Å². The number of rotatable bonds is 4. The van der Waals surface area contributed by atoms with Gasteiger partial charge in [-0.15, -0.1) is 0 Å².